The maximum absolute atomic E-state index is 5.16. The van der Waals surface area contributed by atoms with Gasteiger partial charge in [0.15, 0.2) is 0 Å². The van der Waals surface area contributed by atoms with E-state index < -0.39 is 0 Å². The molecular formula is C41H24N6. The van der Waals surface area contributed by atoms with Gasteiger partial charge in [-0.05, 0) is 60.7 Å². The second-order valence-electron chi connectivity index (χ2n) is 12.1. The summed E-state index contributed by atoms with van der Waals surface area (Å²) in [5, 5.41) is 6.96. The number of imidazole rings is 1. The number of para-hydroxylation sites is 3. The summed E-state index contributed by atoms with van der Waals surface area (Å²) in [7, 11) is 0. The van der Waals surface area contributed by atoms with Crippen LogP contribution in [0.5, 0.6) is 0 Å². The fraction of sp³-hybridized carbons (Fsp3) is 0. The Labute approximate surface area is 267 Å². The molecule has 47 heavy (non-hydrogen) atoms. The number of pyridine rings is 3. The van der Waals surface area contributed by atoms with Crippen molar-refractivity contribution in [3.63, 3.8) is 0 Å². The number of benzene rings is 5. The molecule has 6 nitrogen and oxygen atoms in total. The Morgan fingerprint density at radius 3 is 1.91 bits per heavy atom. The third kappa shape index (κ3) is 3.21. The van der Waals surface area contributed by atoms with Crippen LogP contribution in [0.25, 0.3) is 93.5 Å². The number of fused-ring (bicyclic) bond motifs is 15. The number of hydrogen-bond acceptors (Lipinski definition) is 3. The van der Waals surface area contributed by atoms with E-state index in [0.29, 0.717) is 0 Å². The van der Waals surface area contributed by atoms with Crippen molar-refractivity contribution in [1.29, 1.82) is 0 Å². The van der Waals surface area contributed by atoms with Crippen LogP contribution in [-0.2, 0) is 0 Å². The SMILES string of the molecule is c1ccc(-n2c3ccccc3c3ccc4c5cc6c(cc5n(-c5ccccc5)c4c32)c2ncccc2n2c3cnccc3nc62)cc1. The van der Waals surface area contributed by atoms with Crippen LogP contribution in [-0.4, -0.2) is 28.5 Å². The molecule has 0 saturated carbocycles. The number of hydrogen-bond donors (Lipinski definition) is 0. The molecule has 0 radical (unpaired) electrons. The summed E-state index contributed by atoms with van der Waals surface area (Å²) >= 11 is 0. The minimum atomic E-state index is 0.908. The van der Waals surface area contributed by atoms with E-state index >= 15 is 0 Å². The first-order valence-electron chi connectivity index (χ1n) is 15.8. The number of nitrogens with zero attached hydrogens (tertiary/aromatic N) is 6. The lowest BCUT2D eigenvalue weighted by atomic mass is 10.0. The molecule has 0 bridgehead atoms. The van der Waals surface area contributed by atoms with Gasteiger partial charge in [0.2, 0.25) is 0 Å². The molecule has 0 N–H and O–H groups in total. The van der Waals surface area contributed by atoms with Crippen LogP contribution < -0.4 is 0 Å². The van der Waals surface area contributed by atoms with Gasteiger partial charge >= 0.3 is 0 Å². The Morgan fingerprint density at radius 2 is 1.13 bits per heavy atom. The number of rotatable bonds is 2. The van der Waals surface area contributed by atoms with Crippen LogP contribution in [0.15, 0.2) is 146 Å². The predicted molar refractivity (Wildman–Crippen MR) is 192 cm³/mol. The van der Waals surface area contributed by atoms with E-state index in [1.54, 1.807) is 6.20 Å². The molecule has 0 aliphatic heterocycles. The minimum absolute atomic E-state index is 0.908. The average molecular weight is 601 g/mol. The van der Waals surface area contributed by atoms with E-state index in [9.17, 15) is 0 Å². The Hall–Kier alpha value is -6.53. The first-order valence-corrected chi connectivity index (χ1v) is 15.8. The molecule has 218 valence electrons. The van der Waals surface area contributed by atoms with Gasteiger partial charge in [0.05, 0.1) is 50.3 Å². The minimum Gasteiger partial charge on any atom is -0.307 e. The Kier molecular flexibility index (Phi) is 4.75. The molecular weight excluding hydrogens is 576 g/mol. The first kappa shape index (κ1) is 24.8. The summed E-state index contributed by atoms with van der Waals surface area (Å²) in [6, 6.07) is 45.5. The van der Waals surface area contributed by atoms with Gasteiger partial charge in [-0.25, -0.2) is 4.98 Å². The van der Waals surface area contributed by atoms with Gasteiger partial charge in [-0.2, -0.15) is 0 Å². The van der Waals surface area contributed by atoms with Crippen LogP contribution in [0.3, 0.4) is 0 Å². The van der Waals surface area contributed by atoms with E-state index in [1.807, 2.05) is 24.5 Å². The Bertz CT molecular complexity index is 3060. The molecule has 6 heteroatoms. The topological polar surface area (TPSA) is 52.9 Å². The van der Waals surface area contributed by atoms with Crippen molar-refractivity contribution < 1.29 is 0 Å². The zero-order chi connectivity index (χ0) is 30.6. The van der Waals surface area contributed by atoms with Crippen LogP contribution >= 0.6 is 0 Å². The van der Waals surface area contributed by atoms with Crippen molar-refractivity contribution in [2.24, 2.45) is 0 Å². The molecule has 0 atom stereocenters. The smallest absolute Gasteiger partial charge is 0.146 e. The molecule has 0 aliphatic rings. The maximum Gasteiger partial charge on any atom is 0.146 e. The molecule has 0 saturated heterocycles. The highest BCUT2D eigenvalue weighted by Crippen LogP contribution is 2.43. The molecule has 0 aliphatic carbocycles. The highest BCUT2D eigenvalue weighted by molar-refractivity contribution is 6.26. The monoisotopic (exact) mass is 600 g/mol. The quantitative estimate of drug-likeness (QED) is 0.186. The van der Waals surface area contributed by atoms with Crippen LogP contribution in [0.2, 0.25) is 0 Å². The van der Waals surface area contributed by atoms with Gasteiger partial charge < -0.3 is 9.13 Å². The summed E-state index contributed by atoms with van der Waals surface area (Å²) < 4.78 is 7.07. The van der Waals surface area contributed by atoms with Crippen molar-refractivity contribution in [2.45, 2.75) is 0 Å². The molecule has 5 aromatic carbocycles. The van der Waals surface area contributed by atoms with E-state index in [4.69, 9.17) is 9.97 Å². The Morgan fingerprint density at radius 1 is 0.447 bits per heavy atom. The summed E-state index contributed by atoms with van der Waals surface area (Å²) in [4.78, 5) is 14.6. The summed E-state index contributed by atoms with van der Waals surface area (Å²) in [6.45, 7) is 0. The molecule has 0 unspecified atom stereocenters. The third-order valence-electron chi connectivity index (χ3n) is 9.71. The zero-order valence-corrected chi connectivity index (χ0v) is 25.0. The molecule has 6 aromatic heterocycles. The van der Waals surface area contributed by atoms with Gasteiger partial charge in [-0.3, -0.25) is 14.4 Å². The fourth-order valence-electron chi connectivity index (χ4n) is 7.80. The average Bonchev–Trinajstić information content (AvgIpc) is 3.80. The van der Waals surface area contributed by atoms with E-state index in [2.05, 4.69) is 134 Å². The molecule has 0 amide bonds. The zero-order valence-electron chi connectivity index (χ0n) is 25.0. The molecule has 11 rings (SSSR count). The first-order chi connectivity index (χ1) is 23.3. The normalized spacial score (nSPS) is 12.3. The van der Waals surface area contributed by atoms with Crippen LogP contribution in [0.4, 0.5) is 0 Å². The molecule has 0 spiro atoms. The highest BCUT2D eigenvalue weighted by atomic mass is 15.1. The van der Waals surface area contributed by atoms with Gasteiger partial charge in [-0.15, -0.1) is 0 Å². The van der Waals surface area contributed by atoms with Gasteiger partial charge in [-0.1, -0.05) is 66.7 Å². The largest absolute Gasteiger partial charge is 0.307 e. The van der Waals surface area contributed by atoms with Crippen molar-refractivity contribution in [1.82, 2.24) is 28.5 Å². The van der Waals surface area contributed by atoms with Crippen molar-refractivity contribution in [3.05, 3.63) is 146 Å². The van der Waals surface area contributed by atoms with Gasteiger partial charge in [0.1, 0.15) is 5.65 Å². The van der Waals surface area contributed by atoms with E-state index in [-0.39, 0.29) is 0 Å². The summed E-state index contributed by atoms with van der Waals surface area (Å²) in [6.07, 6.45) is 5.58. The van der Waals surface area contributed by atoms with Crippen molar-refractivity contribution >= 4 is 82.1 Å². The summed E-state index contributed by atoms with van der Waals surface area (Å²) in [5.74, 6) is 0. The van der Waals surface area contributed by atoms with E-state index in [0.717, 1.165) is 55.4 Å². The second-order valence-corrected chi connectivity index (χ2v) is 12.1. The van der Waals surface area contributed by atoms with Crippen LogP contribution in [0.1, 0.15) is 0 Å². The molecule has 6 heterocycles. The van der Waals surface area contributed by atoms with Crippen LogP contribution in [0, 0.1) is 0 Å². The third-order valence-corrected chi connectivity index (χ3v) is 9.71. The second kappa shape index (κ2) is 9.02. The van der Waals surface area contributed by atoms with E-state index in [1.165, 1.54) is 38.1 Å². The van der Waals surface area contributed by atoms with Gasteiger partial charge in [0.25, 0.3) is 0 Å². The Balaban J connectivity index is 1.42. The van der Waals surface area contributed by atoms with Crippen molar-refractivity contribution in [2.75, 3.05) is 0 Å². The number of aromatic nitrogens is 6. The summed E-state index contributed by atoms with van der Waals surface area (Å²) in [5.41, 5.74) is 11.7. The standard InChI is InChI=1S/C41H24N6/c1-3-10-25(11-4-1)45-34-15-8-7-14-27(34)28-17-18-29-30-22-32-31(23-36(30)46(40(29)39(28)45)26-12-5-2-6-13-26)38-35(16-9-20-43-38)47-37-24-42-21-19-33(37)44-41(32)47/h1-24H. The predicted octanol–water partition coefficient (Wildman–Crippen LogP) is 9.78. The lowest BCUT2D eigenvalue weighted by molar-refractivity contribution is 1.15. The lowest BCUT2D eigenvalue weighted by Crippen LogP contribution is -1.98. The lowest BCUT2D eigenvalue weighted by Gasteiger charge is -2.13. The molecule has 11 aromatic rings. The fourth-order valence-corrected chi connectivity index (χ4v) is 7.80. The maximum atomic E-state index is 5.16. The highest BCUT2D eigenvalue weighted by Gasteiger charge is 2.23. The van der Waals surface area contributed by atoms with Crippen molar-refractivity contribution in [3.8, 4) is 11.4 Å². The molecule has 0 fully saturated rings. The van der Waals surface area contributed by atoms with Gasteiger partial charge in [0, 0.05) is 56.1 Å².